The molecule has 0 bridgehead atoms. The van der Waals surface area contributed by atoms with Crippen molar-refractivity contribution in [3.05, 3.63) is 63.7 Å². The average molecular weight is 340 g/mol. The number of amides is 2. The van der Waals surface area contributed by atoms with Crippen molar-refractivity contribution in [1.29, 1.82) is 0 Å². The number of benzene rings is 2. The van der Waals surface area contributed by atoms with Crippen LogP contribution in [0.15, 0.2) is 36.4 Å². The first-order valence-corrected chi connectivity index (χ1v) is 6.94. The summed E-state index contributed by atoms with van der Waals surface area (Å²) in [5.41, 5.74) is -0.791. The zero-order chi connectivity index (χ0) is 16.9. The minimum absolute atomic E-state index is 0.0147. The average Bonchev–Trinajstić information content (AvgIpc) is 2.70. The quantitative estimate of drug-likeness (QED) is 0.719. The van der Waals surface area contributed by atoms with Crippen LogP contribution in [0.25, 0.3) is 0 Å². The Morgan fingerprint density at radius 2 is 1.61 bits per heavy atom. The lowest BCUT2D eigenvalue weighted by Gasteiger charge is -2.17. The molecule has 3 nitrogen and oxygen atoms in total. The molecule has 2 aromatic carbocycles. The number of anilines is 1. The third kappa shape index (κ3) is 2.49. The molecule has 0 radical (unpaired) electrons. The van der Waals surface area contributed by atoms with E-state index < -0.39 is 23.6 Å². The van der Waals surface area contributed by atoms with Crippen molar-refractivity contribution < 1.29 is 22.8 Å². The lowest BCUT2D eigenvalue weighted by Crippen LogP contribution is -2.29. The zero-order valence-corrected chi connectivity index (χ0v) is 12.5. The number of nitrogens with zero attached hydrogens (tertiary/aromatic N) is 1. The summed E-state index contributed by atoms with van der Waals surface area (Å²) in [6.07, 6.45) is -4.57. The Labute approximate surface area is 134 Å². The van der Waals surface area contributed by atoms with Crippen LogP contribution in [0.4, 0.5) is 18.9 Å². The lowest BCUT2D eigenvalue weighted by molar-refractivity contribution is -0.138. The van der Waals surface area contributed by atoms with Gasteiger partial charge in [0.2, 0.25) is 0 Å². The van der Waals surface area contributed by atoms with E-state index in [4.69, 9.17) is 11.6 Å². The zero-order valence-electron chi connectivity index (χ0n) is 11.7. The topological polar surface area (TPSA) is 37.4 Å². The van der Waals surface area contributed by atoms with Gasteiger partial charge in [0, 0.05) is 5.02 Å². The van der Waals surface area contributed by atoms with Crippen molar-refractivity contribution in [3.8, 4) is 0 Å². The first kappa shape index (κ1) is 15.6. The van der Waals surface area contributed by atoms with Gasteiger partial charge in [0.05, 0.1) is 22.4 Å². The van der Waals surface area contributed by atoms with E-state index >= 15 is 0 Å². The van der Waals surface area contributed by atoms with Crippen molar-refractivity contribution in [3.63, 3.8) is 0 Å². The second-order valence-electron chi connectivity index (χ2n) is 5.13. The molecule has 0 saturated heterocycles. The fourth-order valence-corrected chi connectivity index (χ4v) is 2.67. The third-order valence-corrected chi connectivity index (χ3v) is 3.87. The minimum Gasteiger partial charge on any atom is -0.268 e. The van der Waals surface area contributed by atoms with Crippen LogP contribution in [-0.4, -0.2) is 11.8 Å². The summed E-state index contributed by atoms with van der Waals surface area (Å²) in [4.78, 5) is 25.4. The molecule has 1 aliphatic heterocycles. The van der Waals surface area contributed by atoms with Gasteiger partial charge in [-0.05, 0) is 42.8 Å². The Balaban J connectivity index is 2.11. The largest absolute Gasteiger partial charge is 0.416 e. The van der Waals surface area contributed by atoms with Crippen molar-refractivity contribution in [2.24, 2.45) is 0 Å². The van der Waals surface area contributed by atoms with Gasteiger partial charge < -0.3 is 0 Å². The van der Waals surface area contributed by atoms with Crippen molar-refractivity contribution in [2.75, 3.05) is 4.90 Å². The number of imide groups is 1. The Morgan fingerprint density at radius 3 is 2.26 bits per heavy atom. The van der Waals surface area contributed by atoms with Crippen LogP contribution in [-0.2, 0) is 6.18 Å². The Kier molecular flexibility index (Phi) is 3.44. The number of carbonyl (C=O) groups is 2. The van der Waals surface area contributed by atoms with Gasteiger partial charge in [0.25, 0.3) is 11.8 Å². The van der Waals surface area contributed by atoms with E-state index in [1.165, 1.54) is 37.3 Å². The summed E-state index contributed by atoms with van der Waals surface area (Å²) in [5, 5.41) is 0.270. The molecule has 0 unspecified atom stereocenters. The minimum atomic E-state index is -4.57. The number of hydrogen-bond acceptors (Lipinski definition) is 2. The second-order valence-corrected chi connectivity index (χ2v) is 5.57. The molecule has 0 N–H and O–H groups in total. The normalized spacial score (nSPS) is 14.4. The Morgan fingerprint density at radius 1 is 0.957 bits per heavy atom. The van der Waals surface area contributed by atoms with E-state index in [0.29, 0.717) is 0 Å². The van der Waals surface area contributed by atoms with Crippen molar-refractivity contribution in [1.82, 2.24) is 0 Å². The van der Waals surface area contributed by atoms with E-state index in [1.54, 1.807) is 0 Å². The fraction of sp³-hybridized carbons (Fsp3) is 0.125. The highest BCUT2D eigenvalue weighted by Gasteiger charge is 2.39. The Hall–Kier alpha value is -2.34. The van der Waals surface area contributed by atoms with Gasteiger partial charge in [-0.1, -0.05) is 17.7 Å². The van der Waals surface area contributed by atoms with Gasteiger partial charge in [-0.15, -0.1) is 0 Å². The number of halogens is 4. The monoisotopic (exact) mass is 339 g/mol. The number of rotatable bonds is 1. The Bertz CT molecular complexity index is 846. The predicted molar refractivity (Wildman–Crippen MR) is 78.8 cm³/mol. The maximum Gasteiger partial charge on any atom is 0.416 e. The third-order valence-electron chi connectivity index (χ3n) is 3.63. The SMILES string of the molecule is Cc1ccc(N2C(=O)c3ccc(Cl)cc3C2=O)cc1C(F)(F)F. The van der Waals surface area contributed by atoms with Crippen LogP contribution in [0.5, 0.6) is 0 Å². The lowest BCUT2D eigenvalue weighted by atomic mass is 10.1. The molecule has 0 aromatic heterocycles. The van der Waals surface area contributed by atoms with Crippen molar-refractivity contribution in [2.45, 2.75) is 13.1 Å². The second kappa shape index (κ2) is 5.09. The van der Waals surface area contributed by atoms with Crippen LogP contribution < -0.4 is 4.90 Å². The maximum absolute atomic E-state index is 13.0. The van der Waals surface area contributed by atoms with Crippen molar-refractivity contribution >= 4 is 29.1 Å². The van der Waals surface area contributed by atoms with Crippen LogP contribution in [0, 0.1) is 6.92 Å². The molecule has 2 aromatic rings. The smallest absolute Gasteiger partial charge is 0.268 e. The molecule has 7 heteroatoms. The molecule has 1 heterocycles. The van der Waals surface area contributed by atoms with Gasteiger partial charge in [-0.25, -0.2) is 4.90 Å². The molecule has 23 heavy (non-hydrogen) atoms. The maximum atomic E-state index is 13.0. The van der Waals surface area contributed by atoms with E-state index in [1.807, 2.05) is 0 Å². The van der Waals surface area contributed by atoms with E-state index in [9.17, 15) is 22.8 Å². The molecule has 3 rings (SSSR count). The van der Waals surface area contributed by atoms with Gasteiger partial charge in [-0.2, -0.15) is 13.2 Å². The molecular formula is C16H9ClF3NO2. The number of aryl methyl sites for hydroxylation is 1. The predicted octanol–water partition coefficient (Wildman–Crippen LogP) is 4.47. The summed E-state index contributed by atoms with van der Waals surface area (Å²) in [5.74, 6) is -1.36. The molecule has 0 fully saturated rings. The highest BCUT2D eigenvalue weighted by molar-refractivity contribution is 6.36. The summed E-state index contributed by atoms with van der Waals surface area (Å²) >= 11 is 5.81. The summed E-state index contributed by atoms with van der Waals surface area (Å²) in [6, 6.07) is 7.51. The number of carbonyl (C=O) groups excluding carboxylic acids is 2. The van der Waals surface area contributed by atoms with Crippen LogP contribution >= 0.6 is 11.6 Å². The molecule has 0 saturated carbocycles. The molecular weight excluding hydrogens is 331 g/mol. The van der Waals surface area contributed by atoms with Gasteiger partial charge in [0.15, 0.2) is 0 Å². The highest BCUT2D eigenvalue weighted by atomic mass is 35.5. The first-order chi connectivity index (χ1) is 10.7. The van der Waals surface area contributed by atoms with Crippen LogP contribution in [0.1, 0.15) is 31.8 Å². The van der Waals surface area contributed by atoms with Crippen LogP contribution in [0.2, 0.25) is 5.02 Å². The standard InChI is InChI=1S/C16H9ClF3NO2/c1-8-2-4-10(7-13(8)16(18,19)20)21-14(22)11-5-3-9(17)6-12(11)15(21)23/h2-7H,1H3. The first-order valence-electron chi connectivity index (χ1n) is 6.56. The van der Waals surface area contributed by atoms with E-state index in [0.717, 1.165) is 11.0 Å². The number of fused-ring (bicyclic) bond motifs is 1. The summed E-state index contributed by atoms with van der Waals surface area (Å²) in [6.45, 7) is 1.31. The van der Waals surface area contributed by atoms with Gasteiger partial charge in [0.1, 0.15) is 0 Å². The molecule has 0 spiro atoms. The van der Waals surface area contributed by atoms with Gasteiger partial charge in [-0.3, -0.25) is 9.59 Å². The summed E-state index contributed by atoms with van der Waals surface area (Å²) in [7, 11) is 0. The molecule has 0 atom stereocenters. The van der Waals surface area contributed by atoms with Crippen LogP contribution in [0.3, 0.4) is 0 Å². The van der Waals surface area contributed by atoms with Gasteiger partial charge >= 0.3 is 6.18 Å². The molecule has 0 aliphatic carbocycles. The fourth-order valence-electron chi connectivity index (χ4n) is 2.50. The molecule has 1 aliphatic rings. The molecule has 118 valence electrons. The summed E-state index contributed by atoms with van der Waals surface area (Å²) < 4.78 is 39.1. The van der Waals surface area contributed by atoms with E-state index in [2.05, 4.69) is 0 Å². The van der Waals surface area contributed by atoms with E-state index in [-0.39, 0.29) is 27.4 Å². The number of alkyl halides is 3. The highest BCUT2D eigenvalue weighted by Crippen LogP contribution is 2.36. The number of hydrogen-bond donors (Lipinski definition) is 0. The molecule has 2 amide bonds.